The fourth-order valence-electron chi connectivity index (χ4n) is 0.961. The second-order valence-electron chi connectivity index (χ2n) is 2.73. The molecular weight excluding hydrogens is 206 g/mol. The number of carbonyl (C=O) groups excluding carboxylic acids is 1. The molecule has 7 nitrogen and oxygen atoms in total. The van der Waals surface area contributed by atoms with E-state index in [0.29, 0.717) is 0 Å². The average Bonchev–Trinajstić information content (AvgIpc) is 2.66. The van der Waals surface area contributed by atoms with Crippen molar-refractivity contribution in [1.29, 1.82) is 0 Å². The summed E-state index contributed by atoms with van der Waals surface area (Å²) in [4.78, 5) is 20.3. The number of esters is 1. The predicted molar refractivity (Wildman–Crippen MR) is 47.0 cm³/mol. The third kappa shape index (κ3) is 2.78. The summed E-state index contributed by atoms with van der Waals surface area (Å²) in [6, 6.07) is 2.35. The molecule has 15 heavy (non-hydrogen) atoms. The van der Waals surface area contributed by atoms with Crippen LogP contribution in [-0.2, 0) is 9.53 Å². The molecule has 0 saturated heterocycles. The number of furan rings is 1. The minimum absolute atomic E-state index is 0.0351. The lowest BCUT2D eigenvalue weighted by molar-refractivity contribution is -0.402. The molecule has 0 bridgehead atoms. The van der Waals surface area contributed by atoms with Crippen molar-refractivity contribution in [3.8, 4) is 0 Å². The molecule has 0 saturated carbocycles. The van der Waals surface area contributed by atoms with Gasteiger partial charge in [-0.3, -0.25) is 14.9 Å². The Labute approximate surface area is 84.4 Å². The maximum absolute atomic E-state index is 10.8. The molecule has 0 aromatic carbocycles. The lowest BCUT2D eigenvalue weighted by Gasteiger charge is -2.04. The monoisotopic (exact) mass is 215 g/mol. The zero-order valence-electron chi connectivity index (χ0n) is 7.87. The smallest absolute Gasteiger partial charge is 0.433 e. The molecule has 0 aliphatic carbocycles. The summed E-state index contributed by atoms with van der Waals surface area (Å²) in [6.45, 7) is 0. The van der Waals surface area contributed by atoms with Gasteiger partial charge in [0, 0.05) is 0 Å². The highest BCUT2D eigenvalue weighted by molar-refractivity contribution is 5.69. The van der Waals surface area contributed by atoms with Gasteiger partial charge < -0.3 is 14.3 Å². The lowest BCUT2D eigenvalue weighted by atomic mass is 10.2. The summed E-state index contributed by atoms with van der Waals surface area (Å²) < 4.78 is 9.02. The summed E-state index contributed by atoms with van der Waals surface area (Å²) in [5.74, 6) is -1.14. The fourth-order valence-corrected chi connectivity index (χ4v) is 0.961. The van der Waals surface area contributed by atoms with Crippen LogP contribution in [0.2, 0.25) is 0 Å². The molecule has 0 aliphatic rings. The first-order valence-corrected chi connectivity index (χ1v) is 4.03. The van der Waals surface area contributed by atoms with Gasteiger partial charge in [0.2, 0.25) is 0 Å². The molecule has 0 spiro atoms. The number of hydrogen-bond acceptors (Lipinski definition) is 6. The summed E-state index contributed by atoms with van der Waals surface area (Å²) in [5.41, 5.74) is 0. The number of rotatable bonds is 4. The van der Waals surface area contributed by atoms with Crippen LogP contribution in [-0.4, -0.2) is 23.1 Å². The van der Waals surface area contributed by atoms with Gasteiger partial charge in [0.25, 0.3) is 0 Å². The van der Waals surface area contributed by atoms with Crippen LogP contribution in [0.3, 0.4) is 0 Å². The van der Waals surface area contributed by atoms with Gasteiger partial charge in [0.15, 0.2) is 0 Å². The van der Waals surface area contributed by atoms with E-state index in [9.17, 15) is 20.0 Å². The number of ether oxygens (including phenoxy) is 1. The number of carbonyl (C=O) groups is 1. The van der Waals surface area contributed by atoms with Crippen LogP contribution in [0.25, 0.3) is 0 Å². The summed E-state index contributed by atoms with van der Waals surface area (Å²) in [7, 11) is 1.18. The van der Waals surface area contributed by atoms with E-state index in [0.717, 1.165) is 6.07 Å². The molecule has 0 aliphatic heterocycles. The fraction of sp³-hybridized carbons (Fsp3) is 0.375. The molecule has 0 fully saturated rings. The number of methoxy groups -OCH3 is 1. The zero-order chi connectivity index (χ0) is 11.4. The molecule has 1 atom stereocenters. The van der Waals surface area contributed by atoms with Crippen LogP contribution in [0.1, 0.15) is 18.3 Å². The average molecular weight is 215 g/mol. The molecule has 1 N–H and O–H groups in total. The first-order valence-electron chi connectivity index (χ1n) is 4.03. The predicted octanol–water partition coefficient (Wildman–Crippen LogP) is 0.784. The minimum atomic E-state index is -1.23. The third-order valence-corrected chi connectivity index (χ3v) is 1.71. The standard InChI is InChI=1S/C8H9NO6/c1-14-8(11)4-5(10)6-2-3-7(15-6)9(12)13/h2-3,5,10H,4H2,1H3. The Morgan fingerprint density at radius 2 is 2.40 bits per heavy atom. The second kappa shape index (κ2) is 4.56. The number of nitrogens with zero attached hydrogens (tertiary/aromatic N) is 1. The van der Waals surface area contributed by atoms with Crippen molar-refractivity contribution >= 4 is 11.9 Å². The van der Waals surface area contributed by atoms with Gasteiger partial charge in [-0.2, -0.15) is 0 Å². The number of aliphatic hydroxyl groups is 1. The van der Waals surface area contributed by atoms with Crippen molar-refractivity contribution in [3.05, 3.63) is 28.0 Å². The molecule has 1 heterocycles. The lowest BCUT2D eigenvalue weighted by Crippen LogP contribution is -2.07. The Bertz CT molecular complexity index is 371. The van der Waals surface area contributed by atoms with E-state index in [1.807, 2.05) is 0 Å². The molecule has 1 unspecified atom stereocenters. The minimum Gasteiger partial charge on any atom is -0.469 e. The Morgan fingerprint density at radius 3 is 2.87 bits per heavy atom. The maximum atomic E-state index is 10.8. The molecule has 7 heteroatoms. The van der Waals surface area contributed by atoms with E-state index in [1.54, 1.807) is 0 Å². The van der Waals surface area contributed by atoms with Crippen LogP contribution in [0.5, 0.6) is 0 Å². The van der Waals surface area contributed by atoms with E-state index in [-0.39, 0.29) is 12.2 Å². The normalized spacial score (nSPS) is 12.1. The van der Waals surface area contributed by atoms with Gasteiger partial charge in [0.1, 0.15) is 16.8 Å². The van der Waals surface area contributed by atoms with E-state index in [2.05, 4.69) is 4.74 Å². The van der Waals surface area contributed by atoms with Crippen LogP contribution in [0.4, 0.5) is 5.88 Å². The van der Waals surface area contributed by atoms with Crippen molar-refractivity contribution in [2.45, 2.75) is 12.5 Å². The summed E-state index contributed by atoms with van der Waals surface area (Å²) >= 11 is 0. The van der Waals surface area contributed by atoms with Crippen LogP contribution >= 0.6 is 0 Å². The van der Waals surface area contributed by atoms with Crippen LogP contribution in [0, 0.1) is 10.1 Å². The van der Waals surface area contributed by atoms with Crippen molar-refractivity contribution in [2.24, 2.45) is 0 Å². The highest BCUT2D eigenvalue weighted by atomic mass is 16.6. The third-order valence-electron chi connectivity index (χ3n) is 1.71. The maximum Gasteiger partial charge on any atom is 0.433 e. The number of aliphatic hydroxyl groups excluding tert-OH is 1. The summed E-state index contributed by atoms with van der Waals surface area (Å²) in [5, 5.41) is 19.7. The molecule has 1 rings (SSSR count). The number of hydrogen-bond donors (Lipinski definition) is 1. The van der Waals surface area contributed by atoms with Crippen LogP contribution < -0.4 is 0 Å². The largest absolute Gasteiger partial charge is 0.469 e. The van der Waals surface area contributed by atoms with Crippen molar-refractivity contribution in [2.75, 3.05) is 7.11 Å². The Kier molecular flexibility index (Phi) is 3.40. The van der Waals surface area contributed by atoms with E-state index in [1.165, 1.54) is 13.2 Å². The van der Waals surface area contributed by atoms with E-state index in [4.69, 9.17) is 4.42 Å². The number of nitro groups is 1. The molecule has 0 amide bonds. The van der Waals surface area contributed by atoms with Gasteiger partial charge >= 0.3 is 11.9 Å². The molecule has 82 valence electrons. The Balaban J connectivity index is 2.69. The van der Waals surface area contributed by atoms with Crippen LogP contribution in [0.15, 0.2) is 16.5 Å². The van der Waals surface area contributed by atoms with Crippen molar-refractivity contribution < 1.29 is 24.0 Å². The van der Waals surface area contributed by atoms with Crippen molar-refractivity contribution in [3.63, 3.8) is 0 Å². The SMILES string of the molecule is COC(=O)CC(O)c1ccc([N+](=O)[O-])o1. The van der Waals surface area contributed by atoms with Crippen molar-refractivity contribution in [1.82, 2.24) is 0 Å². The van der Waals surface area contributed by atoms with Gasteiger partial charge in [0.05, 0.1) is 19.6 Å². The first-order chi connectivity index (χ1) is 7.04. The molecule has 1 aromatic heterocycles. The summed E-state index contributed by atoms with van der Waals surface area (Å²) in [6.07, 6.45) is -1.53. The van der Waals surface area contributed by atoms with E-state index < -0.39 is 22.9 Å². The van der Waals surface area contributed by atoms with Gasteiger partial charge in [-0.1, -0.05) is 0 Å². The topological polar surface area (TPSA) is 103 Å². The van der Waals surface area contributed by atoms with Gasteiger partial charge in [-0.25, -0.2) is 0 Å². The first kappa shape index (κ1) is 11.2. The van der Waals surface area contributed by atoms with Gasteiger partial charge in [-0.15, -0.1) is 0 Å². The molecule has 1 aromatic rings. The highest BCUT2D eigenvalue weighted by Gasteiger charge is 2.20. The second-order valence-corrected chi connectivity index (χ2v) is 2.73. The molecular formula is C8H9NO6. The van der Waals surface area contributed by atoms with Gasteiger partial charge in [-0.05, 0) is 6.07 Å². The zero-order valence-corrected chi connectivity index (χ0v) is 7.87. The highest BCUT2D eigenvalue weighted by Crippen LogP contribution is 2.23. The quantitative estimate of drug-likeness (QED) is 0.452. The molecule has 0 radical (unpaired) electrons. The Morgan fingerprint density at radius 1 is 1.73 bits per heavy atom. The Hall–Kier alpha value is -1.89. The van der Waals surface area contributed by atoms with E-state index >= 15 is 0 Å².